The second kappa shape index (κ2) is 8.31. The minimum Gasteiger partial charge on any atom is -0.326 e. The van der Waals surface area contributed by atoms with Crippen molar-refractivity contribution >= 4 is 34.8 Å². The Morgan fingerprint density at radius 3 is 2.58 bits per heavy atom. The van der Waals surface area contributed by atoms with Gasteiger partial charge in [0.15, 0.2) is 6.54 Å². The van der Waals surface area contributed by atoms with Crippen molar-refractivity contribution < 1.29 is 9.69 Å². The highest BCUT2D eigenvalue weighted by atomic mass is 35.5. The molecule has 8 heteroatoms. The second-order valence-corrected chi connectivity index (χ2v) is 6.86. The van der Waals surface area contributed by atoms with Gasteiger partial charge in [-0.1, -0.05) is 35.3 Å². The van der Waals surface area contributed by atoms with Crippen LogP contribution in [0, 0.1) is 0 Å². The standard InChI is InChI=1S/C18H17Cl2N5O/c1-24(9-13-2-4-14(19)5-3-13)10-18(26)23-16-8-15(20)6-7-17(16)25-12-21-11-22-25/h2-8,11-12H,9-10H2,1H3,(H,23,26)/p+1. The molecular formula is C18H18Cl2N5O+. The Labute approximate surface area is 161 Å². The van der Waals surface area contributed by atoms with Crippen LogP contribution in [-0.4, -0.2) is 34.3 Å². The number of likely N-dealkylation sites (N-methyl/N-ethyl adjacent to an activating group) is 1. The van der Waals surface area contributed by atoms with E-state index in [1.165, 1.54) is 6.33 Å². The molecule has 134 valence electrons. The van der Waals surface area contributed by atoms with Crippen molar-refractivity contribution in [2.24, 2.45) is 0 Å². The van der Waals surface area contributed by atoms with E-state index in [4.69, 9.17) is 23.2 Å². The molecule has 1 atom stereocenters. The number of benzene rings is 2. The van der Waals surface area contributed by atoms with E-state index < -0.39 is 0 Å². The number of hydrogen-bond donors (Lipinski definition) is 2. The first-order chi connectivity index (χ1) is 12.5. The molecule has 0 fully saturated rings. The fourth-order valence-electron chi connectivity index (χ4n) is 2.62. The van der Waals surface area contributed by atoms with Crippen LogP contribution < -0.4 is 10.2 Å². The summed E-state index contributed by atoms with van der Waals surface area (Å²) in [4.78, 5) is 17.4. The molecule has 0 saturated carbocycles. The van der Waals surface area contributed by atoms with Crippen molar-refractivity contribution in [2.45, 2.75) is 6.54 Å². The Kier molecular flexibility index (Phi) is 5.88. The summed E-state index contributed by atoms with van der Waals surface area (Å²) in [5, 5.41) is 8.25. The van der Waals surface area contributed by atoms with Crippen LogP contribution in [0.5, 0.6) is 0 Å². The minimum absolute atomic E-state index is 0.111. The Hall–Kier alpha value is -2.41. The van der Waals surface area contributed by atoms with E-state index in [1.807, 2.05) is 31.3 Å². The van der Waals surface area contributed by atoms with Gasteiger partial charge in [-0.2, -0.15) is 5.10 Å². The first kappa shape index (κ1) is 18.4. The number of carbonyl (C=O) groups excluding carboxylic acids is 1. The van der Waals surface area contributed by atoms with E-state index in [1.54, 1.807) is 29.2 Å². The summed E-state index contributed by atoms with van der Waals surface area (Å²) in [6.07, 6.45) is 3.00. The number of nitrogens with zero attached hydrogens (tertiary/aromatic N) is 3. The normalized spacial score (nSPS) is 12.0. The molecule has 1 amide bonds. The molecular weight excluding hydrogens is 373 g/mol. The van der Waals surface area contributed by atoms with E-state index in [0.29, 0.717) is 28.0 Å². The van der Waals surface area contributed by atoms with Gasteiger partial charge in [-0.05, 0) is 30.3 Å². The van der Waals surface area contributed by atoms with Crippen LogP contribution in [0.15, 0.2) is 55.1 Å². The molecule has 2 N–H and O–H groups in total. The lowest BCUT2D eigenvalue weighted by Gasteiger charge is -2.15. The van der Waals surface area contributed by atoms with Crippen LogP contribution in [0.1, 0.15) is 5.56 Å². The first-order valence-corrected chi connectivity index (χ1v) is 8.77. The van der Waals surface area contributed by atoms with Gasteiger partial charge in [0, 0.05) is 15.6 Å². The quantitative estimate of drug-likeness (QED) is 0.678. The minimum atomic E-state index is -0.111. The van der Waals surface area contributed by atoms with Gasteiger partial charge < -0.3 is 10.2 Å². The zero-order valence-corrected chi connectivity index (χ0v) is 15.6. The van der Waals surface area contributed by atoms with E-state index in [9.17, 15) is 4.79 Å². The maximum atomic E-state index is 12.5. The fourth-order valence-corrected chi connectivity index (χ4v) is 2.92. The molecule has 26 heavy (non-hydrogen) atoms. The lowest BCUT2D eigenvalue weighted by molar-refractivity contribution is -0.885. The summed E-state index contributed by atoms with van der Waals surface area (Å²) in [5.74, 6) is -0.111. The highest BCUT2D eigenvalue weighted by Crippen LogP contribution is 2.23. The zero-order valence-electron chi connectivity index (χ0n) is 14.1. The second-order valence-electron chi connectivity index (χ2n) is 5.99. The fraction of sp³-hybridized carbons (Fsp3) is 0.167. The average molecular weight is 391 g/mol. The highest BCUT2D eigenvalue weighted by Gasteiger charge is 2.14. The van der Waals surface area contributed by atoms with E-state index in [2.05, 4.69) is 15.4 Å². The van der Waals surface area contributed by atoms with Crippen LogP contribution in [0.25, 0.3) is 5.69 Å². The Morgan fingerprint density at radius 1 is 1.15 bits per heavy atom. The van der Waals surface area contributed by atoms with Gasteiger partial charge in [-0.15, -0.1) is 0 Å². The monoisotopic (exact) mass is 390 g/mol. The smallest absolute Gasteiger partial charge is 0.279 e. The van der Waals surface area contributed by atoms with Crippen LogP contribution in [-0.2, 0) is 11.3 Å². The molecule has 0 aliphatic carbocycles. The van der Waals surface area contributed by atoms with E-state index >= 15 is 0 Å². The Bertz CT molecular complexity index is 881. The molecule has 1 heterocycles. The number of nitrogens with one attached hydrogen (secondary N) is 2. The van der Waals surface area contributed by atoms with Gasteiger partial charge in [0.25, 0.3) is 5.91 Å². The van der Waals surface area contributed by atoms with Crippen molar-refractivity contribution in [2.75, 3.05) is 18.9 Å². The maximum Gasteiger partial charge on any atom is 0.279 e. The number of carbonyl (C=O) groups is 1. The molecule has 2 aromatic carbocycles. The van der Waals surface area contributed by atoms with Gasteiger partial charge in [-0.25, -0.2) is 9.67 Å². The molecule has 1 unspecified atom stereocenters. The summed E-state index contributed by atoms with van der Waals surface area (Å²) in [5.41, 5.74) is 2.41. The van der Waals surface area contributed by atoms with Crippen molar-refractivity contribution in [1.82, 2.24) is 14.8 Å². The van der Waals surface area contributed by atoms with Crippen LogP contribution in [0.2, 0.25) is 10.0 Å². The number of hydrogen-bond acceptors (Lipinski definition) is 3. The lowest BCUT2D eigenvalue weighted by Crippen LogP contribution is -3.08. The summed E-state index contributed by atoms with van der Waals surface area (Å²) in [6.45, 7) is 1.03. The Balaban J connectivity index is 1.66. The highest BCUT2D eigenvalue weighted by molar-refractivity contribution is 6.31. The summed E-state index contributed by atoms with van der Waals surface area (Å²) in [6, 6.07) is 12.8. The van der Waals surface area contributed by atoms with Crippen LogP contribution >= 0.6 is 23.2 Å². The SMILES string of the molecule is C[NH+](CC(=O)Nc1cc(Cl)ccc1-n1cncn1)Cc1ccc(Cl)cc1. The molecule has 1 aromatic heterocycles. The molecule has 0 aliphatic rings. The number of aromatic nitrogens is 3. The zero-order chi connectivity index (χ0) is 18.5. The third kappa shape index (κ3) is 4.82. The number of amides is 1. The molecule has 0 saturated heterocycles. The van der Waals surface area contributed by atoms with Gasteiger partial charge >= 0.3 is 0 Å². The van der Waals surface area contributed by atoms with Crippen molar-refractivity contribution in [3.05, 3.63) is 70.7 Å². The predicted octanol–water partition coefficient (Wildman–Crippen LogP) is 2.23. The largest absolute Gasteiger partial charge is 0.326 e. The van der Waals surface area contributed by atoms with Crippen molar-refractivity contribution in [3.8, 4) is 5.69 Å². The van der Waals surface area contributed by atoms with Gasteiger partial charge in [-0.3, -0.25) is 4.79 Å². The number of quaternary nitrogens is 1. The van der Waals surface area contributed by atoms with E-state index in [0.717, 1.165) is 17.0 Å². The third-order valence-electron chi connectivity index (χ3n) is 3.78. The Morgan fingerprint density at radius 2 is 1.88 bits per heavy atom. The molecule has 0 radical (unpaired) electrons. The maximum absolute atomic E-state index is 12.5. The van der Waals surface area contributed by atoms with Gasteiger partial charge in [0.2, 0.25) is 0 Å². The van der Waals surface area contributed by atoms with Crippen LogP contribution in [0.4, 0.5) is 5.69 Å². The average Bonchev–Trinajstić information content (AvgIpc) is 3.11. The third-order valence-corrected chi connectivity index (χ3v) is 4.27. The summed E-state index contributed by atoms with van der Waals surface area (Å²) in [7, 11) is 1.96. The predicted molar refractivity (Wildman–Crippen MR) is 102 cm³/mol. The first-order valence-electron chi connectivity index (χ1n) is 8.01. The van der Waals surface area contributed by atoms with Crippen molar-refractivity contribution in [1.29, 1.82) is 0 Å². The van der Waals surface area contributed by atoms with Gasteiger partial charge in [0.05, 0.1) is 18.4 Å². The molecule has 0 spiro atoms. The number of halogens is 2. The summed E-state index contributed by atoms with van der Waals surface area (Å²) < 4.78 is 1.58. The molecule has 3 rings (SSSR count). The van der Waals surface area contributed by atoms with E-state index in [-0.39, 0.29) is 5.91 Å². The number of rotatable bonds is 6. The summed E-state index contributed by atoms with van der Waals surface area (Å²) >= 11 is 12.0. The lowest BCUT2D eigenvalue weighted by atomic mass is 10.2. The van der Waals surface area contributed by atoms with Crippen LogP contribution in [0.3, 0.4) is 0 Å². The topological polar surface area (TPSA) is 64.2 Å². The molecule has 0 bridgehead atoms. The molecule has 0 aliphatic heterocycles. The van der Waals surface area contributed by atoms with Gasteiger partial charge in [0.1, 0.15) is 19.2 Å². The van der Waals surface area contributed by atoms with Crippen molar-refractivity contribution in [3.63, 3.8) is 0 Å². The molecule has 6 nitrogen and oxygen atoms in total. The number of anilines is 1. The molecule has 3 aromatic rings.